The van der Waals surface area contributed by atoms with E-state index in [-0.39, 0.29) is 6.10 Å². The summed E-state index contributed by atoms with van der Waals surface area (Å²) in [6.45, 7) is 3.10. The summed E-state index contributed by atoms with van der Waals surface area (Å²) < 4.78 is 16.6. The van der Waals surface area contributed by atoms with Crippen molar-refractivity contribution in [3.63, 3.8) is 0 Å². The number of alkyl halides is 1. The summed E-state index contributed by atoms with van der Waals surface area (Å²) in [5.74, 6) is 0.634. The summed E-state index contributed by atoms with van der Waals surface area (Å²) in [5.41, 5.74) is 0. The third kappa shape index (κ3) is 2.62. The number of halogens is 1. The van der Waals surface area contributed by atoms with E-state index in [2.05, 4.69) is 6.58 Å². The van der Waals surface area contributed by atoms with Crippen LogP contribution >= 0.6 is 0 Å². The van der Waals surface area contributed by atoms with Gasteiger partial charge in [0.2, 0.25) is 0 Å². The molecule has 1 rings (SSSR count). The molecular weight excluding hydrogens is 143 g/mol. The predicted molar refractivity (Wildman–Crippen MR) is 43.0 cm³/mol. The van der Waals surface area contributed by atoms with E-state index >= 15 is 0 Å². The van der Waals surface area contributed by atoms with Crippen LogP contribution in [0.3, 0.4) is 0 Å². The van der Waals surface area contributed by atoms with Gasteiger partial charge in [-0.2, -0.15) is 0 Å². The van der Waals surface area contributed by atoms with Gasteiger partial charge < -0.3 is 4.74 Å². The Morgan fingerprint density at radius 2 is 2.00 bits per heavy atom. The maximum absolute atomic E-state index is 11.7. The SMILES string of the molecule is C=CC1CCC(OCF)CC1. The minimum Gasteiger partial charge on any atom is -0.347 e. The van der Waals surface area contributed by atoms with Crippen LogP contribution in [0.1, 0.15) is 25.7 Å². The molecule has 0 saturated heterocycles. The van der Waals surface area contributed by atoms with Crippen LogP contribution in [0.2, 0.25) is 0 Å². The van der Waals surface area contributed by atoms with E-state index < -0.39 is 6.86 Å². The van der Waals surface area contributed by atoms with Crippen molar-refractivity contribution >= 4 is 0 Å². The van der Waals surface area contributed by atoms with Crippen molar-refractivity contribution in [2.45, 2.75) is 31.8 Å². The third-order valence-corrected chi connectivity index (χ3v) is 2.35. The van der Waals surface area contributed by atoms with Crippen LogP contribution in [-0.2, 0) is 4.74 Å². The van der Waals surface area contributed by atoms with Crippen molar-refractivity contribution in [3.8, 4) is 0 Å². The first-order chi connectivity index (χ1) is 5.36. The summed E-state index contributed by atoms with van der Waals surface area (Å²) in [4.78, 5) is 0. The zero-order valence-corrected chi connectivity index (χ0v) is 6.76. The summed E-state index contributed by atoms with van der Waals surface area (Å²) >= 11 is 0. The van der Waals surface area contributed by atoms with Crippen molar-refractivity contribution in [1.29, 1.82) is 0 Å². The second kappa shape index (κ2) is 4.50. The van der Waals surface area contributed by atoms with E-state index in [0.717, 1.165) is 25.7 Å². The average Bonchev–Trinajstić information content (AvgIpc) is 2.07. The van der Waals surface area contributed by atoms with Crippen LogP contribution in [0.25, 0.3) is 0 Å². The molecule has 1 aliphatic rings. The Balaban J connectivity index is 2.18. The van der Waals surface area contributed by atoms with Gasteiger partial charge in [-0.1, -0.05) is 6.08 Å². The van der Waals surface area contributed by atoms with Gasteiger partial charge in [-0.15, -0.1) is 6.58 Å². The molecule has 2 heteroatoms. The fourth-order valence-electron chi connectivity index (χ4n) is 1.58. The van der Waals surface area contributed by atoms with E-state index in [1.807, 2.05) is 6.08 Å². The van der Waals surface area contributed by atoms with E-state index in [9.17, 15) is 4.39 Å². The molecule has 64 valence electrons. The molecule has 0 aromatic heterocycles. The maximum atomic E-state index is 11.7. The molecule has 0 heterocycles. The fourth-order valence-corrected chi connectivity index (χ4v) is 1.58. The van der Waals surface area contributed by atoms with E-state index in [1.54, 1.807) is 0 Å². The molecule has 11 heavy (non-hydrogen) atoms. The number of hydrogen-bond donors (Lipinski definition) is 0. The molecule has 0 N–H and O–H groups in total. The average molecular weight is 158 g/mol. The van der Waals surface area contributed by atoms with Crippen molar-refractivity contribution in [3.05, 3.63) is 12.7 Å². The fraction of sp³-hybridized carbons (Fsp3) is 0.778. The van der Waals surface area contributed by atoms with Crippen molar-refractivity contribution < 1.29 is 9.13 Å². The molecule has 0 aliphatic heterocycles. The third-order valence-electron chi connectivity index (χ3n) is 2.35. The molecule has 1 aliphatic carbocycles. The van der Waals surface area contributed by atoms with E-state index in [0.29, 0.717) is 5.92 Å². The lowest BCUT2D eigenvalue weighted by Gasteiger charge is -2.25. The molecular formula is C9H15FO. The number of hydrogen-bond acceptors (Lipinski definition) is 1. The molecule has 0 amide bonds. The van der Waals surface area contributed by atoms with Gasteiger partial charge in [0, 0.05) is 0 Å². The molecule has 0 unspecified atom stereocenters. The predicted octanol–water partition coefficient (Wildman–Crippen LogP) is 2.67. The first kappa shape index (κ1) is 8.72. The van der Waals surface area contributed by atoms with Gasteiger partial charge in [0.15, 0.2) is 6.86 Å². The monoisotopic (exact) mass is 158 g/mol. The minimum atomic E-state index is -0.635. The highest BCUT2D eigenvalue weighted by Gasteiger charge is 2.18. The van der Waals surface area contributed by atoms with Crippen LogP contribution < -0.4 is 0 Å². The minimum absolute atomic E-state index is 0.163. The van der Waals surface area contributed by atoms with Crippen molar-refractivity contribution in [2.24, 2.45) is 5.92 Å². The van der Waals surface area contributed by atoms with E-state index in [4.69, 9.17) is 4.74 Å². The van der Waals surface area contributed by atoms with Gasteiger partial charge in [0.1, 0.15) is 0 Å². The van der Waals surface area contributed by atoms with Gasteiger partial charge in [-0.3, -0.25) is 0 Å². The largest absolute Gasteiger partial charge is 0.347 e. The normalized spacial score (nSPS) is 31.7. The van der Waals surface area contributed by atoms with Gasteiger partial charge in [-0.25, -0.2) is 4.39 Å². The van der Waals surface area contributed by atoms with Crippen LogP contribution in [0, 0.1) is 5.92 Å². The summed E-state index contributed by atoms with van der Waals surface area (Å²) in [5, 5.41) is 0. The van der Waals surface area contributed by atoms with Crippen molar-refractivity contribution in [2.75, 3.05) is 6.86 Å². The first-order valence-electron chi connectivity index (χ1n) is 4.17. The maximum Gasteiger partial charge on any atom is 0.188 e. The Morgan fingerprint density at radius 3 is 2.45 bits per heavy atom. The Labute approximate surface area is 67.2 Å². The van der Waals surface area contributed by atoms with E-state index in [1.165, 1.54) is 0 Å². The molecule has 0 bridgehead atoms. The Hall–Kier alpha value is -0.370. The summed E-state index contributed by atoms with van der Waals surface area (Å²) in [7, 11) is 0. The standard InChI is InChI=1S/C9H15FO/c1-2-8-3-5-9(6-4-8)11-7-10/h2,8-9H,1,3-7H2. The van der Waals surface area contributed by atoms with Gasteiger partial charge in [-0.05, 0) is 31.6 Å². The lowest BCUT2D eigenvalue weighted by atomic mass is 9.88. The Morgan fingerprint density at radius 1 is 1.36 bits per heavy atom. The zero-order chi connectivity index (χ0) is 8.10. The smallest absolute Gasteiger partial charge is 0.188 e. The Kier molecular flexibility index (Phi) is 3.57. The second-order valence-electron chi connectivity index (χ2n) is 3.05. The quantitative estimate of drug-likeness (QED) is 0.574. The molecule has 0 spiro atoms. The number of rotatable bonds is 3. The highest BCUT2D eigenvalue weighted by atomic mass is 19.1. The Bertz CT molecular complexity index is 117. The van der Waals surface area contributed by atoms with Crippen LogP contribution in [-0.4, -0.2) is 13.0 Å². The molecule has 0 aromatic rings. The lowest BCUT2D eigenvalue weighted by molar-refractivity contribution is -0.0258. The highest BCUT2D eigenvalue weighted by molar-refractivity contribution is 4.84. The molecule has 0 aromatic carbocycles. The van der Waals surface area contributed by atoms with Crippen LogP contribution in [0.4, 0.5) is 4.39 Å². The second-order valence-corrected chi connectivity index (χ2v) is 3.05. The van der Waals surface area contributed by atoms with Crippen LogP contribution in [0.5, 0.6) is 0 Å². The highest BCUT2D eigenvalue weighted by Crippen LogP contribution is 2.26. The molecule has 0 radical (unpaired) electrons. The van der Waals surface area contributed by atoms with Crippen molar-refractivity contribution in [1.82, 2.24) is 0 Å². The van der Waals surface area contributed by atoms with Gasteiger partial charge in [0.25, 0.3) is 0 Å². The topological polar surface area (TPSA) is 9.23 Å². The van der Waals surface area contributed by atoms with Crippen LogP contribution in [0.15, 0.2) is 12.7 Å². The van der Waals surface area contributed by atoms with Gasteiger partial charge in [0.05, 0.1) is 6.10 Å². The lowest BCUT2D eigenvalue weighted by Crippen LogP contribution is -2.20. The number of allylic oxidation sites excluding steroid dienone is 1. The molecule has 0 atom stereocenters. The number of ether oxygens (including phenoxy) is 1. The molecule has 1 nitrogen and oxygen atoms in total. The van der Waals surface area contributed by atoms with Gasteiger partial charge >= 0.3 is 0 Å². The molecule has 1 saturated carbocycles. The summed E-state index contributed by atoms with van der Waals surface area (Å²) in [6.07, 6.45) is 6.34. The molecule has 1 fully saturated rings. The summed E-state index contributed by atoms with van der Waals surface area (Å²) in [6, 6.07) is 0. The first-order valence-corrected chi connectivity index (χ1v) is 4.17. The zero-order valence-electron chi connectivity index (χ0n) is 6.76.